The monoisotopic (exact) mass is 408 g/mol. The molecule has 0 atom stereocenters. The zero-order valence-electron chi connectivity index (χ0n) is 14.4. The number of benzene rings is 1. The summed E-state index contributed by atoms with van der Waals surface area (Å²) in [6.45, 7) is 1.53. The van der Waals surface area contributed by atoms with Gasteiger partial charge in [0.2, 0.25) is 0 Å². The highest BCUT2D eigenvalue weighted by atomic mass is 32.2. The van der Waals surface area contributed by atoms with Gasteiger partial charge in [-0.2, -0.15) is 30.2 Å². The molecule has 1 aromatic rings. The lowest BCUT2D eigenvalue weighted by atomic mass is 10.1. The molecule has 8 nitrogen and oxygen atoms in total. The quantitative estimate of drug-likeness (QED) is 0.562. The first-order valence-corrected chi connectivity index (χ1v) is 9.86. The minimum atomic E-state index is -4.67. The summed E-state index contributed by atoms with van der Waals surface area (Å²) >= 11 is 0. The summed E-state index contributed by atoms with van der Waals surface area (Å²) in [6, 6.07) is 2.39. The maximum absolute atomic E-state index is 12.8. The normalized spacial score (nSPS) is 20.2. The van der Waals surface area contributed by atoms with Crippen LogP contribution < -0.4 is 4.90 Å². The van der Waals surface area contributed by atoms with Crippen LogP contribution in [0.4, 0.5) is 24.5 Å². The molecule has 0 spiro atoms. The molecule has 0 aliphatic carbocycles. The van der Waals surface area contributed by atoms with E-state index in [1.54, 1.807) is 4.90 Å². The van der Waals surface area contributed by atoms with E-state index >= 15 is 0 Å². The van der Waals surface area contributed by atoms with Crippen LogP contribution in [-0.2, 0) is 16.4 Å². The number of hydrogen-bond donors (Lipinski definition) is 0. The molecule has 150 valence electrons. The van der Waals surface area contributed by atoms with Gasteiger partial charge in [0.25, 0.3) is 15.9 Å². The van der Waals surface area contributed by atoms with Crippen molar-refractivity contribution in [1.82, 2.24) is 8.61 Å². The number of anilines is 1. The van der Waals surface area contributed by atoms with Gasteiger partial charge in [0, 0.05) is 45.3 Å². The maximum Gasteiger partial charge on any atom is 0.416 e. The molecule has 2 aliphatic rings. The first-order valence-electron chi connectivity index (χ1n) is 8.46. The topological polar surface area (TPSA) is 87.0 Å². The van der Waals surface area contributed by atoms with Gasteiger partial charge in [0.1, 0.15) is 5.69 Å². The number of piperazine rings is 1. The Labute approximate surface area is 154 Å². The van der Waals surface area contributed by atoms with E-state index in [-0.39, 0.29) is 31.9 Å². The van der Waals surface area contributed by atoms with Crippen LogP contribution in [0, 0.1) is 10.1 Å². The number of rotatable bonds is 4. The van der Waals surface area contributed by atoms with E-state index < -0.39 is 32.6 Å². The van der Waals surface area contributed by atoms with Gasteiger partial charge in [-0.05, 0) is 25.0 Å². The zero-order chi connectivity index (χ0) is 19.8. The van der Waals surface area contributed by atoms with Gasteiger partial charge in [0.05, 0.1) is 10.5 Å². The maximum atomic E-state index is 12.8. The van der Waals surface area contributed by atoms with E-state index in [0.29, 0.717) is 19.2 Å². The molecule has 0 N–H and O–H groups in total. The van der Waals surface area contributed by atoms with Crippen molar-refractivity contribution in [2.45, 2.75) is 19.0 Å². The fourth-order valence-electron chi connectivity index (χ4n) is 3.36. The molecule has 0 radical (unpaired) electrons. The molecule has 0 bridgehead atoms. The van der Waals surface area contributed by atoms with Crippen LogP contribution in [0.3, 0.4) is 0 Å². The molecule has 3 rings (SSSR count). The second-order valence-corrected chi connectivity index (χ2v) is 8.39. The Morgan fingerprint density at radius 3 is 2.04 bits per heavy atom. The number of nitro groups is 1. The molecular formula is C15H19F3N4O4S. The summed E-state index contributed by atoms with van der Waals surface area (Å²) < 4.78 is 66.3. The average Bonchev–Trinajstić information content (AvgIpc) is 3.16. The molecular weight excluding hydrogens is 389 g/mol. The van der Waals surface area contributed by atoms with Crippen LogP contribution in [0.5, 0.6) is 0 Å². The Morgan fingerprint density at radius 1 is 0.963 bits per heavy atom. The Hall–Kier alpha value is -1.92. The summed E-state index contributed by atoms with van der Waals surface area (Å²) in [5, 5.41) is 11.2. The van der Waals surface area contributed by atoms with Crippen LogP contribution in [0.1, 0.15) is 18.4 Å². The first kappa shape index (κ1) is 19.8. The lowest BCUT2D eigenvalue weighted by molar-refractivity contribution is -0.384. The molecule has 2 saturated heterocycles. The van der Waals surface area contributed by atoms with Crippen molar-refractivity contribution in [3.63, 3.8) is 0 Å². The molecule has 2 heterocycles. The van der Waals surface area contributed by atoms with Gasteiger partial charge in [-0.1, -0.05) is 0 Å². The van der Waals surface area contributed by atoms with E-state index in [1.165, 1.54) is 8.61 Å². The Balaban J connectivity index is 1.77. The van der Waals surface area contributed by atoms with Crippen LogP contribution >= 0.6 is 0 Å². The van der Waals surface area contributed by atoms with Crippen molar-refractivity contribution in [3.05, 3.63) is 33.9 Å². The number of hydrogen-bond acceptors (Lipinski definition) is 5. The van der Waals surface area contributed by atoms with Gasteiger partial charge < -0.3 is 4.90 Å². The molecule has 0 aromatic heterocycles. The molecule has 12 heteroatoms. The van der Waals surface area contributed by atoms with E-state index in [9.17, 15) is 31.7 Å². The van der Waals surface area contributed by atoms with E-state index in [4.69, 9.17) is 0 Å². The van der Waals surface area contributed by atoms with Crippen molar-refractivity contribution >= 4 is 21.6 Å². The van der Waals surface area contributed by atoms with Gasteiger partial charge in [-0.3, -0.25) is 10.1 Å². The number of halogens is 3. The zero-order valence-corrected chi connectivity index (χ0v) is 15.2. The Bertz CT molecular complexity index is 817. The second-order valence-electron chi connectivity index (χ2n) is 6.46. The third kappa shape index (κ3) is 4.01. The summed E-state index contributed by atoms with van der Waals surface area (Å²) in [7, 11) is -3.56. The van der Waals surface area contributed by atoms with Gasteiger partial charge >= 0.3 is 6.18 Å². The van der Waals surface area contributed by atoms with E-state index in [1.807, 2.05) is 0 Å². The van der Waals surface area contributed by atoms with Crippen LogP contribution in [0.25, 0.3) is 0 Å². The van der Waals surface area contributed by atoms with Gasteiger partial charge in [-0.25, -0.2) is 0 Å². The standard InChI is InChI=1S/C15H19F3N4O4S/c16-15(17,18)12-3-4-13(14(11-12)22(23)24)19-7-9-21(10-8-19)27(25,26)20-5-1-2-6-20/h3-4,11H,1-2,5-10H2. The molecule has 0 saturated carbocycles. The molecule has 2 fully saturated rings. The molecule has 0 unspecified atom stereocenters. The largest absolute Gasteiger partial charge is 0.416 e. The summed E-state index contributed by atoms with van der Waals surface area (Å²) in [5.74, 6) is 0. The number of alkyl halides is 3. The van der Waals surface area contributed by atoms with Gasteiger partial charge in [-0.15, -0.1) is 0 Å². The predicted octanol–water partition coefficient (Wildman–Crippen LogP) is 2.08. The number of nitrogens with zero attached hydrogens (tertiary/aromatic N) is 4. The molecule has 2 aliphatic heterocycles. The molecule has 0 amide bonds. The van der Waals surface area contributed by atoms with E-state index in [0.717, 1.165) is 25.0 Å². The number of nitro benzene ring substituents is 1. The lowest BCUT2D eigenvalue weighted by Crippen LogP contribution is -2.52. The Morgan fingerprint density at radius 2 is 1.52 bits per heavy atom. The third-order valence-electron chi connectivity index (χ3n) is 4.80. The van der Waals surface area contributed by atoms with E-state index in [2.05, 4.69) is 0 Å². The summed E-state index contributed by atoms with van der Waals surface area (Å²) in [5.41, 5.74) is -1.67. The molecule has 1 aromatic carbocycles. The fraction of sp³-hybridized carbons (Fsp3) is 0.600. The fourth-order valence-corrected chi connectivity index (χ4v) is 5.03. The van der Waals surface area contributed by atoms with Crippen molar-refractivity contribution in [2.24, 2.45) is 0 Å². The minimum Gasteiger partial charge on any atom is -0.363 e. The highest BCUT2D eigenvalue weighted by Gasteiger charge is 2.36. The van der Waals surface area contributed by atoms with Crippen molar-refractivity contribution < 1.29 is 26.5 Å². The summed E-state index contributed by atoms with van der Waals surface area (Å²) in [4.78, 5) is 11.9. The van der Waals surface area contributed by atoms with Gasteiger partial charge in [0.15, 0.2) is 0 Å². The first-order chi connectivity index (χ1) is 12.6. The van der Waals surface area contributed by atoms with Crippen molar-refractivity contribution in [1.29, 1.82) is 0 Å². The highest BCUT2D eigenvalue weighted by molar-refractivity contribution is 7.86. The predicted molar refractivity (Wildman–Crippen MR) is 91.6 cm³/mol. The average molecular weight is 408 g/mol. The SMILES string of the molecule is O=[N+]([O-])c1cc(C(F)(F)F)ccc1N1CCN(S(=O)(=O)N2CCCC2)CC1. The minimum absolute atomic E-state index is 0.0613. The van der Waals surface area contributed by atoms with Crippen molar-refractivity contribution in [3.8, 4) is 0 Å². The smallest absolute Gasteiger partial charge is 0.363 e. The second kappa shape index (κ2) is 7.24. The Kier molecular flexibility index (Phi) is 5.32. The van der Waals surface area contributed by atoms with Crippen LogP contribution in [0.2, 0.25) is 0 Å². The lowest BCUT2D eigenvalue weighted by Gasteiger charge is -2.36. The highest BCUT2D eigenvalue weighted by Crippen LogP contribution is 2.37. The van der Waals surface area contributed by atoms with Crippen LogP contribution in [-0.4, -0.2) is 61.2 Å². The van der Waals surface area contributed by atoms with Crippen LogP contribution in [0.15, 0.2) is 18.2 Å². The molecule has 27 heavy (non-hydrogen) atoms. The third-order valence-corrected chi connectivity index (χ3v) is 6.83. The van der Waals surface area contributed by atoms with Crippen molar-refractivity contribution in [2.75, 3.05) is 44.2 Å². The summed E-state index contributed by atoms with van der Waals surface area (Å²) in [6.07, 6.45) is -3.04.